The fraction of sp³-hybridized carbons (Fsp3) is 0.946. The second-order valence-corrected chi connectivity index (χ2v) is 13.6. The molecule has 1 rings (SSSR count). The third kappa shape index (κ3) is 21.4. The molecule has 0 spiro atoms. The summed E-state index contributed by atoms with van der Waals surface area (Å²) in [7, 11) is 0. The molecule has 0 aromatic rings. The third-order valence-electron chi connectivity index (χ3n) is 9.26. The highest BCUT2D eigenvalue weighted by molar-refractivity contribution is 5.87. The van der Waals surface area contributed by atoms with Crippen LogP contribution in [-0.4, -0.2) is 88.7 Å². The summed E-state index contributed by atoms with van der Waals surface area (Å²) in [5.41, 5.74) is 0. The summed E-state index contributed by atoms with van der Waals surface area (Å²) in [6, 6.07) is -1.01. The third-order valence-corrected chi connectivity index (χ3v) is 9.26. The molecular weight excluding hydrogens is 600 g/mol. The molecule has 10 heteroatoms. The van der Waals surface area contributed by atoms with Crippen LogP contribution in [0.3, 0.4) is 0 Å². The first kappa shape index (κ1) is 43.7. The zero-order chi connectivity index (χ0) is 34.5. The number of amides is 2. The zero-order valence-corrected chi connectivity index (χ0v) is 30.0. The smallest absolute Gasteiger partial charge is 0.244 e. The van der Waals surface area contributed by atoms with Crippen molar-refractivity contribution in [1.82, 2.24) is 10.6 Å². The largest absolute Gasteiger partial charge is 0.394 e. The lowest BCUT2D eigenvalue weighted by Gasteiger charge is -2.39. The highest BCUT2D eigenvalue weighted by Gasteiger charge is 2.44. The summed E-state index contributed by atoms with van der Waals surface area (Å²) < 4.78 is 11.0. The van der Waals surface area contributed by atoms with E-state index in [-0.39, 0.29) is 18.4 Å². The Hall–Kier alpha value is -1.30. The van der Waals surface area contributed by atoms with Gasteiger partial charge in [0.1, 0.15) is 30.5 Å². The van der Waals surface area contributed by atoms with E-state index in [4.69, 9.17) is 9.47 Å². The molecule has 1 aliphatic heterocycles. The van der Waals surface area contributed by atoms with Gasteiger partial charge in [0.2, 0.25) is 11.8 Å². The van der Waals surface area contributed by atoms with Crippen molar-refractivity contribution in [2.24, 2.45) is 0 Å². The Labute approximate surface area is 286 Å². The van der Waals surface area contributed by atoms with Gasteiger partial charge in [0.15, 0.2) is 6.29 Å². The van der Waals surface area contributed by atoms with Crippen LogP contribution in [0.4, 0.5) is 0 Å². The van der Waals surface area contributed by atoms with E-state index < -0.39 is 43.4 Å². The van der Waals surface area contributed by atoms with Gasteiger partial charge in [0, 0.05) is 13.0 Å². The molecule has 2 amide bonds. The lowest BCUT2D eigenvalue weighted by atomic mass is 9.99. The van der Waals surface area contributed by atoms with Gasteiger partial charge in [-0.15, -0.1) is 0 Å². The molecule has 1 aliphatic rings. The van der Waals surface area contributed by atoms with Crippen LogP contribution < -0.4 is 10.6 Å². The highest BCUT2D eigenvalue weighted by atomic mass is 16.7. The van der Waals surface area contributed by atoms with Gasteiger partial charge < -0.3 is 40.5 Å². The van der Waals surface area contributed by atoms with Crippen LogP contribution in [0.2, 0.25) is 0 Å². The molecule has 6 atom stereocenters. The first-order valence-electron chi connectivity index (χ1n) is 19.3. The molecule has 278 valence electrons. The number of rotatable bonds is 31. The minimum atomic E-state index is -1.58. The Bertz CT molecular complexity index is 756. The lowest BCUT2D eigenvalue weighted by molar-refractivity contribution is -0.301. The van der Waals surface area contributed by atoms with Crippen LogP contribution in [0.15, 0.2) is 0 Å². The minimum Gasteiger partial charge on any atom is -0.394 e. The van der Waals surface area contributed by atoms with Crippen molar-refractivity contribution in [3.05, 3.63) is 0 Å². The maximum Gasteiger partial charge on any atom is 0.244 e. The number of aliphatic hydroxyl groups is 4. The Morgan fingerprint density at radius 2 is 1.09 bits per heavy atom. The number of hydrogen-bond acceptors (Lipinski definition) is 8. The summed E-state index contributed by atoms with van der Waals surface area (Å²) in [6.07, 6.45) is 21.0. The van der Waals surface area contributed by atoms with Crippen LogP contribution in [0.5, 0.6) is 0 Å². The Kier molecular flexibility index (Phi) is 27.5. The summed E-state index contributed by atoms with van der Waals surface area (Å²) >= 11 is 0. The molecular formula is C37H72N2O8. The number of aliphatic hydroxyl groups excluding tert-OH is 4. The van der Waals surface area contributed by atoms with Gasteiger partial charge in [0.25, 0.3) is 0 Å². The minimum absolute atomic E-state index is 0.246. The van der Waals surface area contributed by atoms with Crippen LogP contribution in [0, 0.1) is 0 Å². The van der Waals surface area contributed by atoms with Gasteiger partial charge >= 0.3 is 0 Å². The monoisotopic (exact) mass is 673 g/mol. The van der Waals surface area contributed by atoms with Crippen molar-refractivity contribution in [2.45, 2.75) is 205 Å². The summed E-state index contributed by atoms with van der Waals surface area (Å²) in [4.78, 5) is 25.8. The summed E-state index contributed by atoms with van der Waals surface area (Å²) in [5.74, 6) is -0.633. The van der Waals surface area contributed by atoms with Crippen molar-refractivity contribution < 1.29 is 39.5 Å². The Balaban J connectivity index is 2.37. The highest BCUT2D eigenvalue weighted by Crippen LogP contribution is 2.22. The predicted molar refractivity (Wildman–Crippen MR) is 187 cm³/mol. The van der Waals surface area contributed by atoms with E-state index in [2.05, 4.69) is 24.5 Å². The van der Waals surface area contributed by atoms with E-state index in [0.717, 1.165) is 38.5 Å². The molecule has 0 aliphatic carbocycles. The predicted octanol–water partition coefficient (Wildman–Crippen LogP) is 5.81. The van der Waals surface area contributed by atoms with Crippen LogP contribution in [-0.2, 0) is 19.1 Å². The van der Waals surface area contributed by atoms with Crippen molar-refractivity contribution in [1.29, 1.82) is 0 Å². The number of nitrogens with one attached hydrogen (secondary N) is 2. The lowest BCUT2D eigenvalue weighted by Crippen LogP contribution is -2.60. The van der Waals surface area contributed by atoms with Crippen molar-refractivity contribution in [3.63, 3.8) is 0 Å². The number of unbranched alkanes of at least 4 members (excludes halogenated alkanes) is 21. The average Bonchev–Trinajstić information content (AvgIpc) is 3.07. The number of carbonyl (C=O) groups is 2. The fourth-order valence-electron chi connectivity index (χ4n) is 6.10. The molecule has 0 aromatic heterocycles. The summed E-state index contributed by atoms with van der Waals surface area (Å²) in [5, 5.41) is 45.5. The molecule has 1 fully saturated rings. The fourth-order valence-corrected chi connectivity index (χ4v) is 6.10. The van der Waals surface area contributed by atoms with Crippen LogP contribution in [0.1, 0.15) is 168 Å². The molecule has 1 saturated heterocycles. The quantitative estimate of drug-likeness (QED) is 0.0504. The standard InChI is InChI=1S/C37H72N2O8/c1-3-5-7-9-11-13-14-15-16-17-18-19-20-22-24-26-32(41)39-30(36(45)38-27-25-23-21-12-10-8-6-4-2)29-46-37-35(44)34(43)33(42)31(28-40)47-37/h30-31,33-35,37,40,42-44H,3-29H2,1-2H3,(H,38,45)(H,39,41)/t30-,31-,33+,34-,35-,37+/m0/s1. The Morgan fingerprint density at radius 1 is 0.638 bits per heavy atom. The van der Waals surface area contributed by atoms with Crippen LogP contribution >= 0.6 is 0 Å². The molecule has 0 saturated carbocycles. The van der Waals surface area contributed by atoms with Crippen molar-refractivity contribution in [3.8, 4) is 0 Å². The summed E-state index contributed by atoms with van der Waals surface area (Å²) in [6.45, 7) is 4.07. The topological polar surface area (TPSA) is 158 Å². The molecule has 0 radical (unpaired) electrons. The van der Waals surface area contributed by atoms with E-state index in [9.17, 15) is 30.0 Å². The number of hydrogen-bond donors (Lipinski definition) is 6. The molecule has 0 aromatic carbocycles. The average molecular weight is 673 g/mol. The second kappa shape index (κ2) is 29.6. The van der Waals surface area contributed by atoms with E-state index >= 15 is 0 Å². The van der Waals surface area contributed by atoms with Gasteiger partial charge in [-0.1, -0.05) is 149 Å². The van der Waals surface area contributed by atoms with E-state index in [1.165, 1.54) is 109 Å². The molecule has 47 heavy (non-hydrogen) atoms. The second-order valence-electron chi connectivity index (χ2n) is 13.6. The number of carbonyl (C=O) groups excluding carboxylic acids is 2. The van der Waals surface area contributed by atoms with Crippen molar-refractivity contribution in [2.75, 3.05) is 19.8 Å². The normalized spacial score (nSPS) is 21.9. The maximum atomic E-state index is 13.1. The molecule has 0 bridgehead atoms. The van der Waals surface area contributed by atoms with Gasteiger partial charge in [-0.3, -0.25) is 9.59 Å². The number of ether oxygens (including phenoxy) is 2. The van der Waals surface area contributed by atoms with Gasteiger partial charge in [-0.2, -0.15) is 0 Å². The molecule has 10 nitrogen and oxygen atoms in total. The van der Waals surface area contributed by atoms with Gasteiger partial charge in [-0.25, -0.2) is 0 Å². The van der Waals surface area contributed by atoms with Gasteiger partial charge in [0.05, 0.1) is 13.2 Å². The zero-order valence-electron chi connectivity index (χ0n) is 30.0. The first-order chi connectivity index (χ1) is 22.8. The van der Waals surface area contributed by atoms with E-state index in [0.29, 0.717) is 13.0 Å². The molecule has 0 unspecified atom stereocenters. The van der Waals surface area contributed by atoms with E-state index in [1.54, 1.807) is 0 Å². The maximum absolute atomic E-state index is 13.1. The molecule has 1 heterocycles. The van der Waals surface area contributed by atoms with Crippen molar-refractivity contribution >= 4 is 11.8 Å². The SMILES string of the molecule is CCCCCCCCCCCCCCCCCC(=O)N[C@@H](CO[C@@H]1O[C@@H](CO)[C@@H](O)[C@H](O)[C@@H]1O)C(=O)NCCCCCCCCCC. The van der Waals surface area contributed by atoms with E-state index in [1.807, 2.05) is 0 Å². The Morgan fingerprint density at radius 3 is 1.55 bits per heavy atom. The van der Waals surface area contributed by atoms with Gasteiger partial charge in [-0.05, 0) is 12.8 Å². The first-order valence-corrected chi connectivity index (χ1v) is 19.3. The van der Waals surface area contributed by atoms with Crippen LogP contribution in [0.25, 0.3) is 0 Å². The molecule has 6 N–H and O–H groups in total.